The third-order valence-corrected chi connectivity index (χ3v) is 2.33. The highest BCUT2D eigenvalue weighted by molar-refractivity contribution is 5.50. The number of hydrogen-bond donors (Lipinski definition) is 4. The molecule has 4 nitrogen and oxygen atoms in total. The van der Waals surface area contributed by atoms with Crippen molar-refractivity contribution >= 4 is 5.69 Å². The molecule has 2 atom stereocenters. The number of benzene rings is 1. The molecule has 0 saturated heterocycles. The van der Waals surface area contributed by atoms with Gasteiger partial charge < -0.3 is 21.7 Å². The van der Waals surface area contributed by atoms with Crippen LogP contribution in [0.4, 0.5) is 18.9 Å². The van der Waals surface area contributed by atoms with E-state index in [0.717, 1.165) is 6.07 Å². The second kappa shape index (κ2) is 4.91. The molecule has 0 fully saturated rings. The van der Waals surface area contributed by atoms with Crippen molar-refractivity contribution < 1.29 is 23.4 Å². The van der Waals surface area contributed by atoms with Crippen molar-refractivity contribution in [2.75, 3.05) is 12.3 Å². The van der Waals surface area contributed by atoms with Crippen molar-refractivity contribution in [3.05, 3.63) is 29.3 Å². The molecule has 0 aliphatic carbocycles. The van der Waals surface area contributed by atoms with Crippen molar-refractivity contribution in [1.82, 2.24) is 0 Å². The second-order valence-corrected chi connectivity index (χ2v) is 3.59. The van der Waals surface area contributed by atoms with E-state index in [9.17, 15) is 23.4 Å². The van der Waals surface area contributed by atoms with Crippen LogP contribution in [0, 0.1) is 0 Å². The zero-order valence-corrected chi connectivity index (χ0v) is 8.78. The first-order valence-corrected chi connectivity index (χ1v) is 4.80. The Labute approximate surface area is 95.7 Å². The van der Waals surface area contributed by atoms with E-state index in [4.69, 9.17) is 11.5 Å². The molecule has 7 heteroatoms. The van der Waals surface area contributed by atoms with Crippen LogP contribution in [-0.4, -0.2) is 22.9 Å². The molecule has 0 aliphatic heterocycles. The highest BCUT2D eigenvalue weighted by Crippen LogP contribution is 2.35. The lowest BCUT2D eigenvalue weighted by Crippen LogP contribution is -2.27. The maximum absolute atomic E-state index is 12.5. The minimum Gasteiger partial charge on any atom is -0.398 e. The van der Waals surface area contributed by atoms with Crippen LogP contribution in [0.25, 0.3) is 0 Å². The molecule has 0 heterocycles. The summed E-state index contributed by atoms with van der Waals surface area (Å²) in [5.74, 6) is 0. The molecule has 0 bridgehead atoms. The molecule has 0 saturated carbocycles. The van der Waals surface area contributed by atoms with Gasteiger partial charge in [0, 0.05) is 12.2 Å². The summed E-state index contributed by atoms with van der Waals surface area (Å²) in [7, 11) is 0. The predicted octanol–water partition coefficient (Wildman–Crippen LogP) is 0.641. The number of rotatable bonds is 3. The highest BCUT2D eigenvalue weighted by Gasteiger charge is 2.34. The molecular weight excluding hydrogens is 237 g/mol. The van der Waals surface area contributed by atoms with Gasteiger partial charge in [-0.25, -0.2) is 0 Å². The maximum Gasteiger partial charge on any atom is 0.418 e. The maximum atomic E-state index is 12.5. The van der Waals surface area contributed by atoms with Crippen LogP contribution >= 0.6 is 0 Å². The zero-order chi connectivity index (χ0) is 13.2. The van der Waals surface area contributed by atoms with E-state index in [2.05, 4.69) is 0 Å². The Hall–Kier alpha value is -1.31. The monoisotopic (exact) mass is 250 g/mol. The first-order valence-electron chi connectivity index (χ1n) is 4.80. The summed E-state index contributed by atoms with van der Waals surface area (Å²) in [6.45, 7) is -0.257. The van der Waals surface area contributed by atoms with E-state index in [-0.39, 0.29) is 12.1 Å². The molecule has 6 N–H and O–H groups in total. The molecule has 1 aromatic rings. The quantitative estimate of drug-likeness (QED) is 0.592. The number of hydrogen-bond acceptors (Lipinski definition) is 4. The molecular formula is C10H13F3N2O2. The lowest BCUT2D eigenvalue weighted by Gasteiger charge is -2.18. The number of nitrogens with two attached hydrogens (primary N) is 2. The molecule has 0 aliphatic rings. The van der Waals surface area contributed by atoms with Gasteiger partial charge in [-0.1, -0.05) is 6.07 Å². The Balaban J connectivity index is 3.13. The summed E-state index contributed by atoms with van der Waals surface area (Å²) in [5.41, 5.74) is 8.75. The molecule has 0 radical (unpaired) electrons. The number of nitrogen functional groups attached to an aromatic ring is 1. The summed E-state index contributed by atoms with van der Waals surface area (Å²) in [5, 5.41) is 18.8. The van der Waals surface area contributed by atoms with Gasteiger partial charge in [0.25, 0.3) is 0 Å². The largest absolute Gasteiger partial charge is 0.418 e. The van der Waals surface area contributed by atoms with Crippen LogP contribution in [0.3, 0.4) is 0 Å². The van der Waals surface area contributed by atoms with E-state index in [0.29, 0.717) is 6.07 Å². The first kappa shape index (κ1) is 13.8. The van der Waals surface area contributed by atoms with E-state index >= 15 is 0 Å². The van der Waals surface area contributed by atoms with Crippen molar-refractivity contribution in [1.29, 1.82) is 0 Å². The number of aliphatic hydroxyl groups is 2. The molecule has 96 valence electrons. The van der Waals surface area contributed by atoms with Crippen LogP contribution in [0.2, 0.25) is 0 Å². The predicted molar refractivity (Wildman–Crippen MR) is 55.9 cm³/mol. The molecule has 17 heavy (non-hydrogen) atoms. The topological polar surface area (TPSA) is 92.5 Å². The minimum absolute atomic E-state index is 0.0792. The van der Waals surface area contributed by atoms with Crippen LogP contribution in [0.5, 0.6) is 0 Å². The zero-order valence-electron chi connectivity index (χ0n) is 8.78. The fraction of sp³-hybridized carbons (Fsp3) is 0.400. The lowest BCUT2D eigenvalue weighted by atomic mass is 10.0. The van der Waals surface area contributed by atoms with Crippen LogP contribution in [0.15, 0.2) is 18.2 Å². The number of halogens is 3. The van der Waals surface area contributed by atoms with Crippen LogP contribution in [0.1, 0.15) is 17.2 Å². The normalized spacial score (nSPS) is 15.6. The van der Waals surface area contributed by atoms with Crippen molar-refractivity contribution in [2.24, 2.45) is 5.73 Å². The van der Waals surface area contributed by atoms with Crippen LogP contribution in [-0.2, 0) is 6.18 Å². The molecule has 2 unspecified atom stereocenters. The molecule has 0 spiro atoms. The average molecular weight is 250 g/mol. The number of anilines is 1. The minimum atomic E-state index is -4.60. The summed E-state index contributed by atoms with van der Waals surface area (Å²) < 4.78 is 37.6. The van der Waals surface area contributed by atoms with Gasteiger partial charge in [-0.15, -0.1) is 0 Å². The Morgan fingerprint density at radius 1 is 1.24 bits per heavy atom. The van der Waals surface area contributed by atoms with Crippen molar-refractivity contribution in [3.8, 4) is 0 Å². The second-order valence-electron chi connectivity index (χ2n) is 3.59. The standard InChI is InChI=1S/C10H13F3N2O2/c11-10(12,13)6-3-5(1-2-7(6)15)9(17)8(16)4-14/h1-3,8-9,16-17H,4,14-15H2. The van der Waals surface area contributed by atoms with Gasteiger partial charge >= 0.3 is 6.18 Å². The molecule has 1 rings (SSSR count). The average Bonchev–Trinajstić information content (AvgIpc) is 2.26. The third kappa shape index (κ3) is 3.09. The van der Waals surface area contributed by atoms with Gasteiger partial charge in [-0.05, 0) is 17.7 Å². The van der Waals surface area contributed by atoms with Gasteiger partial charge in [0.15, 0.2) is 0 Å². The van der Waals surface area contributed by atoms with Gasteiger partial charge in [0.1, 0.15) is 6.10 Å². The van der Waals surface area contributed by atoms with Gasteiger partial charge in [-0.2, -0.15) is 13.2 Å². The summed E-state index contributed by atoms with van der Waals surface area (Å²) in [6, 6.07) is 2.96. The van der Waals surface area contributed by atoms with Gasteiger partial charge in [0.2, 0.25) is 0 Å². The molecule has 1 aromatic carbocycles. The Morgan fingerprint density at radius 3 is 2.29 bits per heavy atom. The fourth-order valence-electron chi connectivity index (χ4n) is 1.35. The summed E-state index contributed by atoms with van der Waals surface area (Å²) in [4.78, 5) is 0. The Kier molecular flexibility index (Phi) is 3.97. The Bertz CT molecular complexity index is 396. The first-order chi connectivity index (χ1) is 7.77. The Morgan fingerprint density at radius 2 is 1.82 bits per heavy atom. The smallest absolute Gasteiger partial charge is 0.398 e. The van der Waals surface area contributed by atoms with E-state index in [1.807, 2.05) is 0 Å². The summed E-state index contributed by atoms with van der Waals surface area (Å²) >= 11 is 0. The molecule has 0 aromatic heterocycles. The van der Waals surface area contributed by atoms with E-state index < -0.39 is 29.6 Å². The van der Waals surface area contributed by atoms with Crippen molar-refractivity contribution in [3.63, 3.8) is 0 Å². The van der Waals surface area contributed by atoms with E-state index in [1.165, 1.54) is 6.07 Å². The highest BCUT2D eigenvalue weighted by atomic mass is 19.4. The SMILES string of the molecule is NCC(O)C(O)c1ccc(N)c(C(F)(F)F)c1. The van der Waals surface area contributed by atoms with Crippen molar-refractivity contribution in [2.45, 2.75) is 18.4 Å². The number of aliphatic hydroxyl groups excluding tert-OH is 2. The van der Waals surface area contributed by atoms with Gasteiger partial charge in [-0.3, -0.25) is 0 Å². The lowest BCUT2D eigenvalue weighted by molar-refractivity contribution is -0.137. The number of alkyl halides is 3. The fourth-order valence-corrected chi connectivity index (χ4v) is 1.35. The van der Waals surface area contributed by atoms with E-state index in [1.54, 1.807) is 0 Å². The third-order valence-electron chi connectivity index (χ3n) is 2.33. The van der Waals surface area contributed by atoms with Gasteiger partial charge in [0.05, 0.1) is 11.7 Å². The molecule has 0 amide bonds. The van der Waals surface area contributed by atoms with Crippen LogP contribution < -0.4 is 11.5 Å². The summed E-state index contributed by atoms with van der Waals surface area (Å²) in [6.07, 6.45) is -7.39.